The van der Waals surface area contributed by atoms with Gasteiger partial charge in [0.25, 0.3) is 0 Å². The number of halogens is 1. The Hall–Kier alpha value is -0.640. The van der Waals surface area contributed by atoms with Crippen molar-refractivity contribution < 1.29 is 9.47 Å². The fourth-order valence-electron chi connectivity index (χ4n) is 1.38. The van der Waals surface area contributed by atoms with Crippen LogP contribution in [0.3, 0.4) is 0 Å². The molecule has 0 aliphatic heterocycles. The van der Waals surface area contributed by atoms with Crippen LogP contribution >= 0.6 is 15.9 Å². The Bertz CT molecular complexity index is 332. The van der Waals surface area contributed by atoms with E-state index < -0.39 is 0 Å². The summed E-state index contributed by atoms with van der Waals surface area (Å²) in [5.74, 6) is 0. The summed E-state index contributed by atoms with van der Waals surface area (Å²) in [6, 6.07) is 8.30. The molecule has 0 heterocycles. The van der Waals surface area contributed by atoms with Crippen LogP contribution in [-0.4, -0.2) is 20.5 Å². The van der Waals surface area contributed by atoms with Gasteiger partial charge in [-0.2, -0.15) is 0 Å². The molecule has 0 atom stereocenters. The van der Waals surface area contributed by atoms with Crippen molar-refractivity contribution in [2.45, 2.75) is 19.1 Å². The van der Waals surface area contributed by atoms with E-state index in [0.29, 0.717) is 0 Å². The molecular formula is C13H17BrO2. The molecule has 0 aromatic heterocycles. The van der Waals surface area contributed by atoms with Crippen molar-refractivity contribution in [3.05, 3.63) is 46.5 Å². The third kappa shape index (κ3) is 4.92. The van der Waals surface area contributed by atoms with E-state index in [1.807, 2.05) is 12.1 Å². The minimum Gasteiger partial charge on any atom is -0.356 e. The van der Waals surface area contributed by atoms with Crippen molar-refractivity contribution in [1.82, 2.24) is 0 Å². The smallest absolute Gasteiger partial charge is 0.160 e. The Morgan fingerprint density at radius 2 is 2.00 bits per heavy atom. The third-order valence-electron chi connectivity index (χ3n) is 2.26. The van der Waals surface area contributed by atoms with E-state index in [0.717, 1.165) is 17.3 Å². The molecular weight excluding hydrogens is 268 g/mol. The molecule has 0 unspecified atom stereocenters. The molecule has 0 N–H and O–H groups in total. The van der Waals surface area contributed by atoms with Gasteiger partial charge in [-0.1, -0.05) is 40.2 Å². The number of benzene rings is 1. The lowest BCUT2D eigenvalue weighted by atomic mass is 10.1. The Labute approximate surface area is 105 Å². The van der Waals surface area contributed by atoms with Crippen LogP contribution in [0.4, 0.5) is 0 Å². The number of ether oxygens (including phenoxy) is 2. The van der Waals surface area contributed by atoms with Crippen molar-refractivity contribution in [3.8, 4) is 0 Å². The largest absolute Gasteiger partial charge is 0.356 e. The Morgan fingerprint density at radius 3 is 2.62 bits per heavy atom. The highest BCUT2D eigenvalue weighted by atomic mass is 79.9. The van der Waals surface area contributed by atoms with Crippen molar-refractivity contribution >= 4 is 15.9 Å². The van der Waals surface area contributed by atoms with Crippen LogP contribution < -0.4 is 0 Å². The van der Waals surface area contributed by atoms with Gasteiger partial charge in [-0.05, 0) is 24.1 Å². The third-order valence-corrected chi connectivity index (χ3v) is 2.76. The summed E-state index contributed by atoms with van der Waals surface area (Å²) in [7, 11) is 3.30. The molecule has 0 radical (unpaired) electrons. The van der Waals surface area contributed by atoms with E-state index in [1.54, 1.807) is 14.2 Å². The van der Waals surface area contributed by atoms with Gasteiger partial charge in [-0.3, -0.25) is 0 Å². The van der Waals surface area contributed by atoms with Gasteiger partial charge in [0.05, 0.1) is 0 Å². The highest BCUT2D eigenvalue weighted by Crippen LogP contribution is 2.12. The molecule has 0 aliphatic carbocycles. The van der Waals surface area contributed by atoms with Crippen molar-refractivity contribution in [2.24, 2.45) is 0 Å². The fraction of sp³-hybridized carbons (Fsp3) is 0.385. The average Bonchev–Trinajstić information content (AvgIpc) is 2.29. The van der Waals surface area contributed by atoms with E-state index in [4.69, 9.17) is 9.47 Å². The minimum atomic E-state index is -0.140. The zero-order valence-electron chi connectivity index (χ0n) is 9.65. The predicted octanol–water partition coefficient (Wildman–Crippen LogP) is 3.56. The molecule has 0 saturated heterocycles. The monoisotopic (exact) mass is 284 g/mol. The SMILES string of the molecule is COC(CC=CCc1cccc(Br)c1)OC. The van der Waals surface area contributed by atoms with Gasteiger partial charge in [0.2, 0.25) is 0 Å². The lowest BCUT2D eigenvalue weighted by Gasteiger charge is -2.09. The Morgan fingerprint density at radius 1 is 1.25 bits per heavy atom. The summed E-state index contributed by atoms with van der Waals surface area (Å²) in [4.78, 5) is 0. The molecule has 88 valence electrons. The van der Waals surface area contributed by atoms with Crippen molar-refractivity contribution in [3.63, 3.8) is 0 Å². The van der Waals surface area contributed by atoms with Gasteiger partial charge >= 0.3 is 0 Å². The molecule has 3 heteroatoms. The molecule has 2 nitrogen and oxygen atoms in total. The van der Waals surface area contributed by atoms with Gasteiger partial charge in [-0.25, -0.2) is 0 Å². The first-order valence-electron chi connectivity index (χ1n) is 5.21. The summed E-state index contributed by atoms with van der Waals surface area (Å²) in [6.45, 7) is 0. The summed E-state index contributed by atoms with van der Waals surface area (Å²) in [5, 5.41) is 0. The van der Waals surface area contributed by atoms with E-state index in [9.17, 15) is 0 Å². The van der Waals surface area contributed by atoms with E-state index in [2.05, 4.69) is 40.2 Å². The minimum absolute atomic E-state index is 0.140. The molecule has 1 aromatic rings. The van der Waals surface area contributed by atoms with Gasteiger partial charge in [0.15, 0.2) is 6.29 Å². The van der Waals surface area contributed by atoms with Crippen LogP contribution in [0.1, 0.15) is 12.0 Å². The van der Waals surface area contributed by atoms with Crippen molar-refractivity contribution in [2.75, 3.05) is 14.2 Å². The standard InChI is InChI=1S/C13H17BrO2/c1-15-13(16-2)9-4-3-6-11-7-5-8-12(14)10-11/h3-5,7-8,10,13H,6,9H2,1-2H3. The molecule has 0 spiro atoms. The summed E-state index contributed by atoms with van der Waals surface area (Å²) in [6.07, 6.45) is 5.78. The zero-order valence-corrected chi connectivity index (χ0v) is 11.2. The lowest BCUT2D eigenvalue weighted by molar-refractivity contribution is -0.0986. The molecule has 0 aliphatic rings. The maximum Gasteiger partial charge on any atom is 0.160 e. The number of hydrogen-bond donors (Lipinski definition) is 0. The van der Waals surface area contributed by atoms with Crippen LogP contribution in [0, 0.1) is 0 Å². The second kappa shape index (κ2) is 7.60. The summed E-state index contributed by atoms with van der Waals surface area (Å²) in [5.41, 5.74) is 1.29. The zero-order chi connectivity index (χ0) is 11.8. The number of hydrogen-bond acceptors (Lipinski definition) is 2. The van der Waals surface area contributed by atoms with Gasteiger partial charge in [0, 0.05) is 25.1 Å². The predicted molar refractivity (Wildman–Crippen MR) is 69.4 cm³/mol. The lowest BCUT2D eigenvalue weighted by Crippen LogP contribution is -2.10. The fourth-order valence-corrected chi connectivity index (χ4v) is 1.83. The molecule has 0 fully saturated rings. The highest BCUT2D eigenvalue weighted by molar-refractivity contribution is 9.10. The first-order chi connectivity index (χ1) is 7.76. The second-order valence-corrected chi connectivity index (χ2v) is 4.36. The first-order valence-corrected chi connectivity index (χ1v) is 6.00. The molecule has 1 rings (SSSR count). The maximum atomic E-state index is 5.09. The number of methoxy groups -OCH3 is 2. The Balaban J connectivity index is 2.36. The van der Waals surface area contributed by atoms with Crippen LogP contribution in [0.2, 0.25) is 0 Å². The quantitative estimate of drug-likeness (QED) is 0.588. The summed E-state index contributed by atoms with van der Waals surface area (Å²) < 4.78 is 11.3. The molecule has 0 bridgehead atoms. The molecule has 1 aromatic carbocycles. The van der Waals surface area contributed by atoms with Gasteiger partial charge in [-0.15, -0.1) is 0 Å². The normalized spacial score (nSPS) is 11.5. The molecule has 16 heavy (non-hydrogen) atoms. The number of allylic oxidation sites excluding steroid dienone is 1. The van der Waals surface area contributed by atoms with Crippen LogP contribution in [-0.2, 0) is 15.9 Å². The highest BCUT2D eigenvalue weighted by Gasteiger charge is 2.00. The van der Waals surface area contributed by atoms with E-state index in [-0.39, 0.29) is 6.29 Å². The van der Waals surface area contributed by atoms with Crippen LogP contribution in [0.5, 0.6) is 0 Å². The topological polar surface area (TPSA) is 18.5 Å². The Kier molecular flexibility index (Phi) is 6.38. The maximum absolute atomic E-state index is 5.09. The number of rotatable bonds is 6. The molecule has 0 saturated carbocycles. The second-order valence-electron chi connectivity index (χ2n) is 3.44. The van der Waals surface area contributed by atoms with E-state index >= 15 is 0 Å². The summed E-state index contributed by atoms with van der Waals surface area (Å²) >= 11 is 3.45. The van der Waals surface area contributed by atoms with E-state index in [1.165, 1.54) is 5.56 Å². The van der Waals surface area contributed by atoms with Crippen molar-refractivity contribution in [1.29, 1.82) is 0 Å². The van der Waals surface area contributed by atoms with Crippen LogP contribution in [0.25, 0.3) is 0 Å². The van der Waals surface area contributed by atoms with Crippen LogP contribution in [0.15, 0.2) is 40.9 Å². The first kappa shape index (κ1) is 13.4. The molecule has 0 amide bonds. The van der Waals surface area contributed by atoms with Gasteiger partial charge < -0.3 is 9.47 Å². The average molecular weight is 285 g/mol. The van der Waals surface area contributed by atoms with Gasteiger partial charge in [0.1, 0.15) is 0 Å².